The smallest absolute Gasteiger partial charge is 0.258 e. The van der Waals surface area contributed by atoms with Crippen molar-refractivity contribution in [3.05, 3.63) is 403 Å². The third-order valence-corrected chi connectivity index (χ3v) is 20.5. The highest BCUT2D eigenvalue weighted by atomic mass is 35.5. The van der Waals surface area contributed by atoms with Crippen molar-refractivity contribution in [1.82, 2.24) is 0 Å². The largest absolute Gasteiger partial charge is 0.269 e. The third-order valence-electron chi connectivity index (χ3n) is 20.0. The highest BCUT2D eigenvalue weighted by Crippen LogP contribution is 2.36. The molecule has 0 saturated carbocycles. The Labute approximate surface area is 678 Å². The minimum absolute atomic E-state index is 0.0111. The van der Waals surface area contributed by atoms with Gasteiger partial charge in [0.15, 0.2) is 31.4 Å². The number of fused-ring (bicyclic) bond motifs is 2. The van der Waals surface area contributed by atoms with E-state index in [1.54, 1.807) is 24.3 Å². The molecule has 0 aromatic heterocycles. The van der Waals surface area contributed by atoms with E-state index < -0.39 is 9.85 Å². The van der Waals surface area contributed by atoms with E-state index in [4.69, 9.17) is 23.2 Å². The molecule has 113 heavy (non-hydrogen) atoms. The summed E-state index contributed by atoms with van der Waals surface area (Å²) in [6, 6.07) is 82.7. The van der Waals surface area contributed by atoms with Gasteiger partial charge in [-0.2, -0.15) is 0 Å². The number of hydrogen-bond acceptors (Lipinski definition) is 4. The molecular weight excluding hydrogens is 1430 g/mol. The van der Waals surface area contributed by atoms with E-state index in [-0.39, 0.29) is 11.4 Å². The van der Waals surface area contributed by atoms with Gasteiger partial charge >= 0.3 is 0 Å². The number of nitrogens with zero attached hydrogens (tertiary/aromatic N) is 6. The Hall–Kier alpha value is -11.8. The minimum atomic E-state index is -0.443. The molecule has 2 aliphatic carbocycles. The minimum Gasteiger partial charge on any atom is -0.258 e. The van der Waals surface area contributed by atoms with Gasteiger partial charge in [0, 0.05) is 103 Å². The zero-order valence-electron chi connectivity index (χ0n) is 65.7. The van der Waals surface area contributed by atoms with Crippen LogP contribution < -0.4 is 0 Å². The van der Waals surface area contributed by atoms with Crippen LogP contribution in [0.25, 0.3) is 55.3 Å². The van der Waals surface area contributed by atoms with Crippen molar-refractivity contribution in [2.75, 3.05) is 53.4 Å². The Bertz CT molecular complexity index is 4990. The quantitative estimate of drug-likeness (QED) is 0.0168. The first-order chi connectivity index (χ1) is 55.2. The average Bonchev–Trinajstić information content (AvgIpc) is 1.66. The summed E-state index contributed by atoms with van der Waals surface area (Å²) >= 11 is 12.1. The Morgan fingerprint density at radius 2 is 0.823 bits per heavy atom. The lowest BCUT2D eigenvalue weighted by atomic mass is 9.80. The zero-order valence-corrected chi connectivity index (χ0v) is 67.3. The third kappa shape index (κ3) is 25.6. The summed E-state index contributed by atoms with van der Waals surface area (Å²) in [5, 5.41) is 26.0. The van der Waals surface area contributed by atoms with Gasteiger partial charge in [0.1, 0.15) is 46.8 Å². The lowest BCUT2D eigenvalue weighted by Gasteiger charge is -2.24. The molecule has 1 saturated heterocycles. The summed E-state index contributed by atoms with van der Waals surface area (Å²) < 4.78 is 9.07. The van der Waals surface area contributed by atoms with Crippen molar-refractivity contribution in [2.45, 2.75) is 72.1 Å². The predicted molar refractivity (Wildman–Crippen MR) is 479 cm³/mol. The summed E-state index contributed by atoms with van der Waals surface area (Å²) in [6.45, 7) is 16.5. The summed E-state index contributed by atoms with van der Waals surface area (Å²) in [7, 11) is 4.09. The maximum atomic E-state index is 10.9. The molecule has 1 aliphatic heterocycles. The Morgan fingerprint density at radius 3 is 1.27 bits per heavy atom. The molecule has 12 heteroatoms. The van der Waals surface area contributed by atoms with Gasteiger partial charge in [-0.05, 0) is 161 Å². The van der Waals surface area contributed by atoms with E-state index >= 15 is 0 Å². The summed E-state index contributed by atoms with van der Waals surface area (Å²) in [6.07, 6.45) is 44.7. The van der Waals surface area contributed by atoms with Crippen LogP contribution in [0.3, 0.4) is 0 Å². The highest BCUT2D eigenvalue weighted by Gasteiger charge is 2.22. The number of hydrogen-bond donors (Lipinski definition) is 0. The molecule has 572 valence electrons. The number of allylic oxidation sites excluding steroid dienone is 13. The monoisotopic (exact) mass is 1530 g/mol. The number of rotatable bonds is 27. The maximum absolute atomic E-state index is 10.9. The Kier molecular flexibility index (Phi) is 32.8. The summed E-state index contributed by atoms with van der Waals surface area (Å²) in [4.78, 5) is 21.0. The Balaban J connectivity index is 0.000000160. The fourth-order valence-electron chi connectivity index (χ4n) is 13.6. The van der Waals surface area contributed by atoms with Crippen molar-refractivity contribution in [2.24, 2.45) is 11.8 Å². The number of nitro groups is 2. The standard InChI is InChI=1S/C29H26N.C27H26N.C23H28Cl2N.C22H24N3O4/c1-30(2)22-21-29(27-17-13-25(14-18-27)23-9-5-3-6-10-23)28-19-15-26(16-20-28)24-11-7-4-8-12-24;1-3-9-23-19-25(13-11-21(23)7-1)27(15-18-28-16-5-6-17-28)26-14-12-22-8-2-4-10-24(22)20-26;1-3-5-16-26(17-6-4-2)18-15-23(19-7-11-21(24)12-8-19)20-9-13-22(25)14-10-20;1-3-5-16-23(15-4-2)17-14-22(18-6-10-20(11-7-18)24(26)27)19-8-12-21(13-9-19)25(28)29/h3-22H,1-2H3;1-4,7-15,18-21,23H,5-6,16-17H2;7-15,18H,3-6,16-17H2,1-2H3;4,6-14,17H,2-3,5,15-16H2,1H3/q4*+1/b;27-15-;;. The molecule has 0 radical (unpaired) electrons. The molecule has 2 unspecified atom stereocenters. The Morgan fingerprint density at radius 1 is 0.434 bits per heavy atom. The van der Waals surface area contributed by atoms with Crippen molar-refractivity contribution in [3.63, 3.8) is 0 Å². The van der Waals surface area contributed by atoms with E-state index in [1.165, 1.54) is 148 Å². The molecule has 3 aliphatic rings. The molecule has 0 bridgehead atoms. The number of nitro benzene ring substituents is 2. The second-order valence-corrected chi connectivity index (χ2v) is 29.4. The molecule has 0 spiro atoms. The number of non-ortho nitro benzene ring substituents is 2. The molecule has 0 N–H and O–H groups in total. The van der Waals surface area contributed by atoms with E-state index in [1.807, 2.05) is 56.7 Å². The first kappa shape index (κ1) is 83.6. The van der Waals surface area contributed by atoms with Crippen molar-refractivity contribution < 1.29 is 28.1 Å². The maximum Gasteiger partial charge on any atom is 0.269 e. The van der Waals surface area contributed by atoms with Crippen molar-refractivity contribution in [3.8, 4) is 22.3 Å². The van der Waals surface area contributed by atoms with Gasteiger partial charge in [0.25, 0.3) is 11.4 Å². The number of halogens is 2. The zero-order chi connectivity index (χ0) is 79.5. The molecule has 10 aromatic carbocycles. The highest BCUT2D eigenvalue weighted by molar-refractivity contribution is 6.31. The molecular formula is C101H104Cl2N6O4+4. The van der Waals surface area contributed by atoms with Gasteiger partial charge in [-0.3, -0.25) is 20.2 Å². The van der Waals surface area contributed by atoms with Gasteiger partial charge in [-0.1, -0.05) is 282 Å². The van der Waals surface area contributed by atoms with Crippen LogP contribution in [0.5, 0.6) is 0 Å². The van der Waals surface area contributed by atoms with Crippen molar-refractivity contribution in [1.29, 1.82) is 0 Å². The lowest BCUT2D eigenvalue weighted by Crippen LogP contribution is -2.15. The summed E-state index contributed by atoms with van der Waals surface area (Å²) in [5.41, 5.74) is 18.4. The van der Waals surface area contributed by atoms with Crippen LogP contribution in [0, 0.1) is 32.1 Å². The van der Waals surface area contributed by atoms with Crippen LogP contribution in [0.1, 0.15) is 111 Å². The fraction of sp³-hybridized carbons (Fsp3) is 0.208. The van der Waals surface area contributed by atoms with E-state index in [9.17, 15) is 20.2 Å². The van der Waals surface area contributed by atoms with Crippen LogP contribution >= 0.6 is 23.2 Å². The van der Waals surface area contributed by atoms with Crippen molar-refractivity contribution >= 4 is 92.5 Å². The van der Waals surface area contributed by atoms with Crippen LogP contribution in [-0.2, 0) is 0 Å². The molecule has 0 amide bonds. The molecule has 10 aromatic rings. The normalized spacial score (nSPS) is 13.9. The molecule has 1 heterocycles. The first-order valence-electron chi connectivity index (χ1n) is 39.4. The fourth-order valence-corrected chi connectivity index (χ4v) is 13.8. The van der Waals surface area contributed by atoms with Gasteiger partial charge in [-0.25, -0.2) is 18.3 Å². The van der Waals surface area contributed by atoms with Crippen LogP contribution in [0.2, 0.25) is 10.0 Å². The SMILES string of the molecule is C1=CC2C=CC(/C(=C/C=[N+]3CCCC3)c3ccc4ccccc4c3)=CC2C=C1.C=CC[N+](=CC=C(c1ccc([N+](=O)[O-])cc1)c1ccc([N+](=O)[O-])cc1)CCCC.CCCC[N+](=CC=C(c1ccc(Cl)cc1)c1ccc(Cl)cc1)CCCC.C[N+](C)=CC=C(c1ccc(-c2ccccc2)cc1)c1ccc(-c2ccccc2)cc1. The second kappa shape index (κ2) is 44.3. The second-order valence-electron chi connectivity index (χ2n) is 28.5. The van der Waals surface area contributed by atoms with Gasteiger partial charge < -0.3 is 0 Å². The van der Waals surface area contributed by atoms with Gasteiger partial charge in [0.05, 0.1) is 9.85 Å². The number of unbranched alkanes of at least 4 members (excludes halogenated alkanes) is 3. The van der Waals surface area contributed by atoms with Crippen LogP contribution in [0.4, 0.5) is 11.4 Å². The van der Waals surface area contributed by atoms with Crippen LogP contribution in [-0.4, -0.2) is 106 Å². The number of benzene rings is 10. The predicted octanol–water partition coefficient (Wildman–Crippen LogP) is 24.9. The average molecular weight is 1540 g/mol. The van der Waals surface area contributed by atoms with Gasteiger partial charge in [0.2, 0.25) is 0 Å². The molecule has 10 nitrogen and oxygen atoms in total. The first-order valence-corrected chi connectivity index (χ1v) is 40.2. The topological polar surface area (TPSA) is 98.3 Å². The van der Waals surface area contributed by atoms with E-state index in [0.29, 0.717) is 18.4 Å². The van der Waals surface area contributed by atoms with E-state index in [0.717, 1.165) is 70.3 Å². The molecule has 13 rings (SSSR count). The van der Waals surface area contributed by atoms with Crippen LogP contribution in [0.15, 0.2) is 334 Å². The molecule has 1 fully saturated rings. The van der Waals surface area contributed by atoms with Gasteiger partial charge in [-0.15, -0.1) is 0 Å². The lowest BCUT2D eigenvalue weighted by molar-refractivity contribution is -0.523. The molecule has 2 atom stereocenters. The summed E-state index contributed by atoms with van der Waals surface area (Å²) in [5.74, 6) is 0.954. The van der Waals surface area contributed by atoms with E-state index in [2.05, 4.69) is 301 Å².